The van der Waals surface area contributed by atoms with Crippen molar-refractivity contribution in [2.75, 3.05) is 0 Å². The molecule has 0 aromatic carbocycles. The van der Waals surface area contributed by atoms with Crippen molar-refractivity contribution in [1.29, 1.82) is 0 Å². The smallest absolute Gasteiger partial charge is 0.172 e. The predicted molar refractivity (Wildman–Crippen MR) is 113 cm³/mol. The topological polar surface area (TPSA) is 9.23 Å². The molecule has 2 atom stereocenters. The molecule has 1 fully saturated rings. The van der Waals surface area contributed by atoms with Gasteiger partial charge in [-0.2, -0.15) is 12.6 Å². The summed E-state index contributed by atoms with van der Waals surface area (Å²) in [6, 6.07) is 1.37. The molecule has 1 nitrogen and oxygen atoms in total. The van der Waals surface area contributed by atoms with E-state index in [9.17, 15) is 0 Å². The van der Waals surface area contributed by atoms with Crippen molar-refractivity contribution in [3.05, 3.63) is 0 Å². The second-order valence-corrected chi connectivity index (χ2v) is 37.4. The molecule has 0 amide bonds. The molecule has 0 radical (unpaired) electrons. The van der Waals surface area contributed by atoms with E-state index < -0.39 is 22.5 Å². The summed E-state index contributed by atoms with van der Waals surface area (Å²) in [7, 11) is -3.84. The Morgan fingerprint density at radius 1 is 1.05 bits per heavy atom. The highest BCUT2D eigenvalue weighted by Crippen LogP contribution is 2.45. The summed E-state index contributed by atoms with van der Waals surface area (Å²) in [5.41, 5.74) is 0.139. The third kappa shape index (κ3) is 4.74. The van der Waals surface area contributed by atoms with Gasteiger partial charge in [-0.25, -0.2) is 0 Å². The normalized spacial score (nSPS) is 31.0. The monoisotopic (exact) mass is 376 g/mol. The summed E-state index contributed by atoms with van der Waals surface area (Å²) >= 11 is 4.84. The lowest BCUT2D eigenvalue weighted by atomic mass is 9.99. The van der Waals surface area contributed by atoms with Crippen LogP contribution in [0.5, 0.6) is 0 Å². The first-order valence-electron chi connectivity index (χ1n) is 9.25. The Hall–Kier alpha value is 0.961. The fourth-order valence-electron chi connectivity index (χ4n) is 4.14. The molecule has 5 heteroatoms. The zero-order chi connectivity index (χ0) is 17.2. The Morgan fingerprint density at radius 3 is 2.14 bits per heavy atom. The molecule has 0 aromatic rings. The third-order valence-corrected chi connectivity index (χ3v) is 47.7. The molecule has 2 unspecified atom stereocenters. The molecule has 0 bridgehead atoms. The number of thiol groups is 1. The van der Waals surface area contributed by atoms with Gasteiger partial charge in [-0.15, -0.1) is 0 Å². The van der Waals surface area contributed by atoms with Gasteiger partial charge in [-0.3, -0.25) is 0 Å². The summed E-state index contributed by atoms with van der Waals surface area (Å²) in [4.78, 5) is 0. The lowest BCUT2D eigenvalue weighted by Gasteiger charge is -2.58. The van der Waals surface area contributed by atoms with Gasteiger partial charge in [0.25, 0.3) is 0 Å². The van der Waals surface area contributed by atoms with E-state index in [1.54, 1.807) is 0 Å². The van der Waals surface area contributed by atoms with Crippen molar-refractivity contribution in [2.45, 2.75) is 109 Å². The highest BCUT2D eigenvalue weighted by atomic mass is 32.1. The largest absolute Gasteiger partial charge is 0.415 e. The molecule has 0 aliphatic carbocycles. The second-order valence-electron chi connectivity index (χ2n) is 9.44. The molecule has 0 aromatic heterocycles. The summed E-state index contributed by atoms with van der Waals surface area (Å²) in [6.07, 6.45) is 7.70. The fraction of sp³-hybridized carbons (Fsp3) is 1.00. The van der Waals surface area contributed by atoms with Crippen LogP contribution in [0.3, 0.4) is 0 Å². The van der Waals surface area contributed by atoms with Crippen LogP contribution >= 0.6 is 12.6 Å². The Labute approximate surface area is 148 Å². The zero-order valence-corrected chi connectivity index (χ0v) is 20.3. The Morgan fingerprint density at radius 2 is 1.64 bits per heavy atom. The molecule has 1 saturated heterocycles. The van der Waals surface area contributed by atoms with Gasteiger partial charge in [-0.05, 0) is 45.3 Å². The molecule has 22 heavy (non-hydrogen) atoms. The summed E-state index contributed by atoms with van der Waals surface area (Å²) < 4.78 is 6.89. The quantitative estimate of drug-likeness (QED) is 0.315. The first kappa shape index (κ1) is 21.0. The molecule has 0 spiro atoms. The number of hydrogen-bond donors (Lipinski definition) is 1. The minimum atomic E-state index is -1.52. The average molecular weight is 377 g/mol. The van der Waals surface area contributed by atoms with Crippen LogP contribution in [0.4, 0.5) is 0 Å². The van der Waals surface area contributed by atoms with Crippen molar-refractivity contribution in [3.63, 3.8) is 0 Å². The summed E-state index contributed by atoms with van der Waals surface area (Å²) in [5, 5.41) is 0.564. The van der Waals surface area contributed by atoms with Gasteiger partial charge in [-0.1, -0.05) is 52.4 Å². The second kappa shape index (κ2) is 7.46. The highest BCUT2D eigenvalue weighted by Gasteiger charge is 2.61. The number of hydrogen-bond acceptors (Lipinski definition) is 2. The number of unbranched alkanes of at least 4 members (excludes halogenated alkanes) is 2. The van der Waals surface area contributed by atoms with Gasteiger partial charge in [0.05, 0.1) is 12.7 Å². The maximum Gasteiger partial charge on any atom is 0.172 e. The van der Waals surface area contributed by atoms with Crippen molar-refractivity contribution >= 4 is 35.2 Å². The first-order valence-corrected chi connectivity index (χ1v) is 20.9. The lowest BCUT2D eigenvalue weighted by Crippen LogP contribution is -2.78. The van der Waals surface area contributed by atoms with E-state index in [-0.39, 0.29) is 5.60 Å². The molecule has 0 saturated carbocycles. The molecule has 1 aliphatic rings. The van der Waals surface area contributed by atoms with Crippen LogP contribution < -0.4 is 0 Å². The van der Waals surface area contributed by atoms with E-state index in [1.807, 2.05) is 0 Å². The van der Waals surface area contributed by atoms with Crippen molar-refractivity contribution in [1.82, 2.24) is 0 Å². The summed E-state index contributed by atoms with van der Waals surface area (Å²) in [5.74, 6) is 0. The standard InChI is InChI=1S/C17H40OSSi3/c1-9-10-11-12-16(19)13-14-17(2)15-20(3,4)22(7,8)21(5,6)18-17/h16,19H,9-15H2,1-8H3. The minimum absolute atomic E-state index is 0.139. The Kier molecular flexibility index (Phi) is 7.12. The maximum atomic E-state index is 6.89. The lowest BCUT2D eigenvalue weighted by molar-refractivity contribution is 0.0883. The van der Waals surface area contributed by atoms with Crippen LogP contribution in [0.2, 0.25) is 45.3 Å². The average Bonchev–Trinajstić information content (AvgIpc) is 2.34. The van der Waals surface area contributed by atoms with Crippen molar-refractivity contribution < 1.29 is 4.43 Å². The molecule has 1 heterocycles. The molecular formula is C17H40OSSi3. The molecule has 1 rings (SSSR count). The highest BCUT2D eigenvalue weighted by molar-refractivity contribution is 7.80. The Bertz CT molecular complexity index is 349. The molecule has 0 N–H and O–H groups in total. The van der Waals surface area contributed by atoms with E-state index in [0.29, 0.717) is 5.25 Å². The molecule has 1 aliphatic heterocycles. The Balaban J connectivity index is 2.67. The SMILES string of the molecule is CCCCCC(S)CCC1(C)C[Si](C)(C)[Si](C)(C)[Si](C)(C)O1. The van der Waals surface area contributed by atoms with E-state index in [4.69, 9.17) is 17.1 Å². The van der Waals surface area contributed by atoms with E-state index in [1.165, 1.54) is 44.6 Å². The maximum absolute atomic E-state index is 6.89. The number of rotatable bonds is 7. The van der Waals surface area contributed by atoms with Gasteiger partial charge in [0.15, 0.2) is 7.83 Å². The predicted octanol–water partition coefficient (Wildman–Crippen LogP) is 6.21. The van der Waals surface area contributed by atoms with Crippen LogP contribution in [-0.4, -0.2) is 33.4 Å². The van der Waals surface area contributed by atoms with Crippen LogP contribution in [0.15, 0.2) is 0 Å². The van der Waals surface area contributed by atoms with Crippen molar-refractivity contribution in [3.8, 4) is 0 Å². The summed E-state index contributed by atoms with van der Waals surface area (Å²) in [6.45, 7) is 20.2. The van der Waals surface area contributed by atoms with Crippen LogP contribution in [0.25, 0.3) is 0 Å². The van der Waals surface area contributed by atoms with E-state index in [0.717, 1.165) is 0 Å². The van der Waals surface area contributed by atoms with Crippen LogP contribution in [0, 0.1) is 0 Å². The molecular weight excluding hydrogens is 337 g/mol. The molecule has 132 valence electrons. The third-order valence-electron chi connectivity index (χ3n) is 6.66. The van der Waals surface area contributed by atoms with Gasteiger partial charge in [0.2, 0.25) is 0 Å². The fourth-order valence-corrected chi connectivity index (χ4v) is 35.2. The first-order chi connectivity index (χ1) is 9.87. The minimum Gasteiger partial charge on any atom is -0.415 e. The van der Waals surface area contributed by atoms with Crippen LogP contribution in [-0.2, 0) is 4.43 Å². The van der Waals surface area contributed by atoms with E-state index >= 15 is 0 Å². The van der Waals surface area contributed by atoms with Crippen molar-refractivity contribution in [2.24, 2.45) is 0 Å². The zero-order valence-electron chi connectivity index (χ0n) is 16.4. The van der Waals surface area contributed by atoms with Gasteiger partial charge >= 0.3 is 0 Å². The van der Waals surface area contributed by atoms with Gasteiger partial charge in [0, 0.05) is 12.8 Å². The van der Waals surface area contributed by atoms with Gasteiger partial charge in [0.1, 0.15) is 0 Å². The van der Waals surface area contributed by atoms with Gasteiger partial charge < -0.3 is 4.43 Å². The van der Waals surface area contributed by atoms with E-state index in [2.05, 4.69) is 53.1 Å². The van der Waals surface area contributed by atoms with Crippen LogP contribution in [0.1, 0.15) is 52.4 Å².